The van der Waals surface area contributed by atoms with Crippen LogP contribution in [-0.4, -0.2) is 0 Å². The highest BCUT2D eigenvalue weighted by Gasteiger charge is 2.48. The molecular formula is C61H39NO2. The number of fused-ring (bicyclic) bond motifs is 9. The number of benzene rings is 10. The van der Waals surface area contributed by atoms with Gasteiger partial charge < -0.3 is 13.7 Å². The zero-order valence-corrected chi connectivity index (χ0v) is 34.8. The van der Waals surface area contributed by atoms with Crippen LogP contribution < -0.4 is 4.90 Å². The lowest BCUT2D eigenvalue weighted by atomic mass is 9.66. The molecule has 1 unspecified atom stereocenters. The third-order valence-electron chi connectivity index (χ3n) is 13.3. The van der Waals surface area contributed by atoms with Gasteiger partial charge in [0.25, 0.3) is 0 Å². The fourth-order valence-electron chi connectivity index (χ4n) is 10.6. The van der Waals surface area contributed by atoms with Crippen LogP contribution in [0.2, 0.25) is 0 Å². The third kappa shape index (κ3) is 5.41. The molecular weight excluding hydrogens is 779 g/mol. The van der Waals surface area contributed by atoms with Crippen LogP contribution in [0.15, 0.2) is 245 Å². The Labute approximate surface area is 370 Å². The first-order valence-electron chi connectivity index (χ1n) is 21.9. The summed E-state index contributed by atoms with van der Waals surface area (Å²) >= 11 is 0. The van der Waals surface area contributed by atoms with E-state index in [-0.39, 0.29) is 0 Å². The Kier molecular flexibility index (Phi) is 8.13. The zero-order chi connectivity index (χ0) is 42.2. The van der Waals surface area contributed by atoms with Crippen molar-refractivity contribution in [3.05, 3.63) is 259 Å². The summed E-state index contributed by atoms with van der Waals surface area (Å²) in [6.45, 7) is 0. The van der Waals surface area contributed by atoms with E-state index in [0.29, 0.717) is 0 Å². The average Bonchev–Trinajstić information content (AvgIpc) is 4.03. The van der Waals surface area contributed by atoms with Crippen molar-refractivity contribution in [2.24, 2.45) is 0 Å². The molecule has 0 aliphatic heterocycles. The minimum absolute atomic E-state index is 0.691. The molecule has 10 aromatic carbocycles. The summed E-state index contributed by atoms with van der Waals surface area (Å²) in [5.41, 5.74) is 17.8. The van der Waals surface area contributed by atoms with Crippen molar-refractivity contribution in [1.82, 2.24) is 0 Å². The molecule has 0 fully saturated rings. The van der Waals surface area contributed by atoms with Gasteiger partial charge in [-0.1, -0.05) is 176 Å². The fourth-order valence-corrected chi connectivity index (χ4v) is 10.6. The minimum atomic E-state index is -0.691. The van der Waals surface area contributed by atoms with Gasteiger partial charge in [-0.3, -0.25) is 0 Å². The van der Waals surface area contributed by atoms with Gasteiger partial charge in [0.05, 0.1) is 11.1 Å². The van der Waals surface area contributed by atoms with Crippen LogP contribution >= 0.6 is 0 Å². The Hall–Kier alpha value is -8.40. The van der Waals surface area contributed by atoms with Crippen molar-refractivity contribution in [3.8, 4) is 33.4 Å². The number of rotatable bonds is 7. The molecule has 0 bridgehead atoms. The van der Waals surface area contributed by atoms with E-state index in [1.165, 1.54) is 44.5 Å². The number of hydrogen-bond donors (Lipinski definition) is 0. The second kappa shape index (κ2) is 14.3. The van der Waals surface area contributed by atoms with E-state index in [9.17, 15) is 0 Å². The molecule has 13 rings (SSSR count). The zero-order valence-electron chi connectivity index (χ0n) is 34.8. The number of hydrogen-bond acceptors (Lipinski definition) is 3. The van der Waals surface area contributed by atoms with Gasteiger partial charge in [-0.05, 0) is 110 Å². The fraction of sp³-hybridized carbons (Fsp3) is 0.0164. The van der Waals surface area contributed by atoms with Gasteiger partial charge in [-0.2, -0.15) is 0 Å². The summed E-state index contributed by atoms with van der Waals surface area (Å²) in [5, 5.41) is 4.34. The molecule has 0 saturated heterocycles. The van der Waals surface area contributed by atoms with Crippen molar-refractivity contribution in [3.63, 3.8) is 0 Å². The predicted molar refractivity (Wildman–Crippen MR) is 264 cm³/mol. The molecule has 1 aliphatic rings. The number of para-hydroxylation sites is 2. The van der Waals surface area contributed by atoms with Crippen LogP contribution in [0.25, 0.3) is 77.3 Å². The molecule has 0 N–H and O–H groups in total. The molecule has 12 aromatic rings. The lowest BCUT2D eigenvalue weighted by molar-refractivity contribution is 0.668. The van der Waals surface area contributed by atoms with Crippen LogP contribution in [0.1, 0.15) is 22.3 Å². The van der Waals surface area contributed by atoms with Gasteiger partial charge in [0.1, 0.15) is 22.3 Å². The first-order valence-corrected chi connectivity index (χ1v) is 21.9. The van der Waals surface area contributed by atoms with Gasteiger partial charge >= 0.3 is 0 Å². The van der Waals surface area contributed by atoms with E-state index >= 15 is 0 Å². The van der Waals surface area contributed by atoms with Crippen molar-refractivity contribution < 1.29 is 8.83 Å². The molecule has 2 heterocycles. The second-order valence-electron chi connectivity index (χ2n) is 16.7. The summed E-state index contributed by atoms with van der Waals surface area (Å²) in [6, 6.07) is 85.4. The Morgan fingerprint density at radius 2 is 0.906 bits per heavy atom. The van der Waals surface area contributed by atoms with E-state index in [1.807, 2.05) is 12.1 Å². The van der Waals surface area contributed by atoms with E-state index < -0.39 is 5.41 Å². The number of nitrogens with zero attached hydrogens (tertiary/aromatic N) is 1. The first kappa shape index (κ1) is 36.3. The lowest BCUT2D eigenvalue weighted by Gasteiger charge is -2.38. The average molecular weight is 818 g/mol. The standard InChI is InChI=1S/C61H39NO2/c1-4-17-40(18-5-1)42-31-34-48-47-23-10-12-26-52(47)61(54(48)37-42,43-21-8-3-9-22-43)53-27-13-14-28-55(53)62(45-32-35-50-49-24-11-15-29-56(49)64-59(50)39-45)44-33-36-57-51(38-44)60-46(25-16-30-58(60)63-57)41-19-6-2-7-20-41/h1-39H. The predicted octanol–water partition coefficient (Wildman–Crippen LogP) is 16.7. The van der Waals surface area contributed by atoms with Crippen molar-refractivity contribution in [2.75, 3.05) is 4.90 Å². The topological polar surface area (TPSA) is 29.5 Å². The molecule has 0 amide bonds. The smallest absolute Gasteiger partial charge is 0.137 e. The van der Waals surface area contributed by atoms with Gasteiger partial charge in [0.2, 0.25) is 0 Å². The minimum Gasteiger partial charge on any atom is -0.456 e. The SMILES string of the molecule is c1ccc(-c2ccc3c(c2)C(c2ccccc2)(c2ccccc2N(c2ccc4c(c2)oc2ccccc24)c2ccc4oc5cccc(-c6ccccc6)c5c4c2)c2ccccc2-3)cc1. The van der Waals surface area contributed by atoms with Crippen molar-refractivity contribution in [2.45, 2.75) is 5.41 Å². The quantitative estimate of drug-likeness (QED) is 0.160. The lowest BCUT2D eigenvalue weighted by Crippen LogP contribution is -2.30. The maximum Gasteiger partial charge on any atom is 0.137 e. The number of anilines is 3. The van der Waals surface area contributed by atoms with Crippen LogP contribution in [0.4, 0.5) is 17.1 Å². The Balaban J connectivity index is 1.12. The van der Waals surface area contributed by atoms with E-state index in [1.54, 1.807) is 0 Å². The first-order chi connectivity index (χ1) is 31.7. The summed E-state index contributed by atoms with van der Waals surface area (Å²) in [7, 11) is 0. The molecule has 64 heavy (non-hydrogen) atoms. The van der Waals surface area contributed by atoms with Gasteiger partial charge in [-0.25, -0.2) is 0 Å². The van der Waals surface area contributed by atoms with Crippen LogP contribution in [0, 0.1) is 0 Å². The second-order valence-corrected chi connectivity index (χ2v) is 16.7. The van der Waals surface area contributed by atoms with Crippen molar-refractivity contribution in [1.29, 1.82) is 0 Å². The maximum atomic E-state index is 6.62. The monoisotopic (exact) mass is 817 g/mol. The Morgan fingerprint density at radius 1 is 0.312 bits per heavy atom. The molecule has 1 atom stereocenters. The molecule has 3 nitrogen and oxygen atoms in total. The van der Waals surface area contributed by atoms with E-state index in [2.05, 4.69) is 229 Å². The molecule has 0 radical (unpaired) electrons. The van der Waals surface area contributed by atoms with Crippen LogP contribution in [0.3, 0.4) is 0 Å². The highest BCUT2D eigenvalue weighted by atomic mass is 16.3. The summed E-state index contributed by atoms with van der Waals surface area (Å²) in [5.74, 6) is 0. The van der Waals surface area contributed by atoms with Gasteiger partial charge in [0, 0.05) is 39.0 Å². The largest absolute Gasteiger partial charge is 0.456 e. The molecule has 0 saturated carbocycles. The highest BCUT2D eigenvalue weighted by molar-refractivity contribution is 6.14. The highest BCUT2D eigenvalue weighted by Crippen LogP contribution is 2.59. The third-order valence-corrected chi connectivity index (χ3v) is 13.3. The van der Waals surface area contributed by atoms with Crippen LogP contribution in [0.5, 0.6) is 0 Å². The Bertz CT molecular complexity index is 3730. The molecule has 1 aliphatic carbocycles. The van der Waals surface area contributed by atoms with Gasteiger partial charge in [-0.15, -0.1) is 0 Å². The molecule has 0 spiro atoms. The molecule has 2 aromatic heterocycles. The normalized spacial score (nSPS) is 14.3. The van der Waals surface area contributed by atoms with E-state index in [0.717, 1.165) is 72.1 Å². The van der Waals surface area contributed by atoms with E-state index in [4.69, 9.17) is 8.83 Å². The number of furan rings is 2. The Morgan fingerprint density at radius 3 is 1.75 bits per heavy atom. The van der Waals surface area contributed by atoms with Crippen LogP contribution in [-0.2, 0) is 5.41 Å². The van der Waals surface area contributed by atoms with Gasteiger partial charge in [0.15, 0.2) is 0 Å². The molecule has 300 valence electrons. The summed E-state index contributed by atoms with van der Waals surface area (Å²) < 4.78 is 13.2. The molecule has 3 heteroatoms. The summed E-state index contributed by atoms with van der Waals surface area (Å²) in [4.78, 5) is 2.43. The van der Waals surface area contributed by atoms with Crippen molar-refractivity contribution >= 4 is 60.9 Å². The maximum absolute atomic E-state index is 6.62. The summed E-state index contributed by atoms with van der Waals surface area (Å²) in [6.07, 6.45) is 0.